The predicted molar refractivity (Wildman–Crippen MR) is 106 cm³/mol. The average Bonchev–Trinajstić information content (AvgIpc) is 3.30. The van der Waals surface area contributed by atoms with Gasteiger partial charge in [0.2, 0.25) is 0 Å². The van der Waals surface area contributed by atoms with Crippen LogP contribution in [0, 0.1) is 0 Å². The van der Waals surface area contributed by atoms with Gasteiger partial charge in [-0.15, -0.1) is 11.3 Å². The van der Waals surface area contributed by atoms with Crippen molar-refractivity contribution in [2.75, 3.05) is 11.9 Å². The maximum atomic E-state index is 5.63. The highest BCUT2D eigenvalue weighted by Crippen LogP contribution is 2.19. The van der Waals surface area contributed by atoms with Crippen LogP contribution in [-0.4, -0.2) is 16.6 Å². The van der Waals surface area contributed by atoms with Gasteiger partial charge in [0.1, 0.15) is 11.5 Å². The fourth-order valence-corrected chi connectivity index (χ4v) is 3.35. The molecule has 0 unspecified atom stereocenters. The molecule has 3 aromatic rings. The fourth-order valence-electron chi connectivity index (χ4n) is 2.38. The third-order valence-electron chi connectivity index (χ3n) is 3.56. The Hall–Kier alpha value is -2.31. The van der Waals surface area contributed by atoms with E-state index in [4.69, 9.17) is 21.4 Å². The molecule has 4 nitrogen and oxygen atoms in total. The summed E-state index contributed by atoms with van der Waals surface area (Å²) in [5.74, 6) is 1.73. The molecule has 0 bridgehead atoms. The van der Waals surface area contributed by atoms with E-state index >= 15 is 0 Å². The van der Waals surface area contributed by atoms with E-state index in [1.807, 2.05) is 49.4 Å². The Bertz CT molecular complexity index is 732. The first kappa shape index (κ1) is 17.5. The summed E-state index contributed by atoms with van der Waals surface area (Å²) in [6.45, 7) is 3.98. The zero-order valence-electron chi connectivity index (χ0n) is 14.0. The van der Waals surface area contributed by atoms with Crippen LogP contribution in [0.25, 0.3) is 0 Å². The predicted octanol–water partition coefficient (Wildman–Crippen LogP) is 5.14. The Kier molecular flexibility index (Phi) is 6.09. The van der Waals surface area contributed by atoms with Crippen LogP contribution in [0.1, 0.15) is 17.6 Å². The van der Waals surface area contributed by atoms with E-state index in [1.165, 1.54) is 4.88 Å². The summed E-state index contributed by atoms with van der Waals surface area (Å²) in [6.07, 6.45) is 1.68. The van der Waals surface area contributed by atoms with E-state index in [0.717, 1.165) is 23.7 Å². The molecule has 130 valence electrons. The van der Waals surface area contributed by atoms with Gasteiger partial charge in [0.25, 0.3) is 0 Å². The number of rotatable bonds is 7. The summed E-state index contributed by atoms with van der Waals surface area (Å²) >= 11 is 7.35. The minimum absolute atomic E-state index is 0.619. The zero-order chi connectivity index (χ0) is 17.5. The average molecular weight is 373 g/mol. The van der Waals surface area contributed by atoms with Gasteiger partial charge in [0.15, 0.2) is 5.11 Å². The highest BCUT2D eigenvalue weighted by Gasteiger charge is 2.13. The monoisotopic (exact) mass is 372 g/mol. The molecule has 0 aliphatic rings. The van der Waals surface area contributed by atoms with Crippen molar-refractivity contribution in [3.8, 4) is 5.75 Å². The SMILES string of the molecule is CCOc1ccc(NC(=S)N(Cc2ccco2)Cc2cccs2)cc1. The number of thiocarbonyl (C=S) groups is 1. The number of thiophene rings is 1. The normalized spacial score (nSPS) is 10.4. The number of benzene rings is 1. The number of ether oxygens (including phenoxy) is 1. The minimum Gasteiger partial charge on any atom is -0.494 e. The lowest BCUT2D eigenvalue weighted by Crippen LogP contribution is -2.33. The molecule has 0 atom stereocenters. The van der Waals surface area contributed by atoms with Crippen LogP contribution in [0.3, 0.4) is 0 Å². The molecule has 0 amide bonds. The molecule has 3 rings (SSSR count). The third kappa shape index (κ3) is 5.08. The van der Waals surface area contributed by atoms with Crippen molar-refractivity contribution >= 4 is 34.4 Å². The molecular weight excluding hydrogens is 352 g/mol. The first-order chi connectivity index (χ1) is 12.2. The van der Waals surface area contributed by atoms with Crippen LogP contribution in [0.5, 0.6) is 5.75 Å². The lowest BCUT2D eigenvalue weighted by atomic mass is 10.3. The smallest absolute Gasteiger partial charge is 0.174 e. The van der Waals surface area contributed by atoms with E-state index in [0.29, 0.717) is 18.3 Å². The molecule has 25 heavy (non-hydrogen) atoms. The molecule has 1 aromatic carbocycles. The summed E-state index contributed by atoms with van der Waals surface area (Å²) < 4.78 is 11.0. The van der Waals surface area contributed by atoms with E-state index in [2.05, 4.69) is 21.7 Å². The molecule has 0 saturated heterocycles. The van der Waals surface area contributed by atoms with E-state index in [-0.39, 0.29) is 0 Å². The molecule has 0 spiro atoms. The van der Waals surface area contributed by atoms with E-state index in [1.54, 1.807) is 17.6 Å². The second kappa shape index (κ2) is 8.69. The quantitative estimate of drug-likeness (QED) is 0.581. The minimum atomic E-state index is 0.619. The summed E-state index contributed by atoms with van der Waals surface area (Å²) in [6, 6.07) is 15.8. The number of hydrogen-bond acceptors (Lipinski definition) is 4. The topological polar surface area (TPSA) is 37.6 Å². The first-order valence-electron chi connectivity index (χ1n) is 8.08. The van der Waals surface area contributed by atoms with Gasteiger partial charge < -0.3 is 19.4 Å². The van der Waals surface area contributed by atoms with Crippen LogP contribution in [0.15, 0.2) is 64.6 Å². The molecule has 6 heteroatoms. The van der Waals surface area contributed by atoms with Crippen LogP contribution in [0.4, 0.5) is 5.69 Å². The Morgan fingerprint density at radius 2 is 2.00 bits per heavy atom. The highest BCUT2D eigenvalue weighted by atomic mass is 32.1. The van der Waals surface area contributed by atoms with Gasteiger partial charge in [0.05, 0.1) is 26.0 Å². The fraction of sp³-hybridized carbons (Fsp3) is 0.211. The van der Waals surface area contributed by atoms with Crippen molar-refractivity contribution in [2.45, 2.75) is 20.0 Å². The first-order valence-corrected chi connectivity index (χ1v) is 9.37. The molecule has 2 aromatic heterocycles. The summed E-state index contributed by atoms with van der Waals surface area (Å²) in [5.41, 5.74) is 0.934. The Labute approximate surface area is 157 Å². The van der Waals surface area contributed by atoms with Crippen LogP contribution < -0.4 is 10.1 Å². The lowest BCUT2D eigenvalue weighted by molar-refractivity contribution is 0.340. The number of nitrogens with zero attached hydrogens (tertiary/aromatic N) is 1. The van der Waals surface area contributed by atoms with Crippen molar-refractivity contribution in [1.29, 1.82) is 0 Å². The van der Waals surface area contributed by atoms with Gasteiger partial charge >= 0.3 is 0 Å². The largest absolute Gasteiger partial charge is 0.494 e. The van der Waals surface area contributed by atoms with Gasteiger partial charge in [-0.3, -0.25) is 0 Å². The molecule has 2 heterocycles. The second-order valence-electron chi connectivity index (χ2n) is 5.40. The standard InChI is InChI=1S/C19H20N2O2S2/c1-2-22-16-9-7-15(8-10-16)20-19(24)21(13-17-5-3-11-23-17)14-18-6-4-12-25-18/h3-12H,2,13-14H2,1H3,(H,20,24). The number of nitrogens with one attached hydrogen (secondary N) is 1. The van der Waals surface area contributed by atoms with Crippen molar-refractivity contribution in [3.63, 3.8) is 0 Å². The molecule has 1 N–H and O–H groups in total. The van der Waals surface area contributed by atoms with Crippen molar-refractivity contribution < 1.29 is 9.15 Å². The van der Waals surface area contributed by atoms with E-state index < -0.39 is 0 Å². The van der Waals surface area contributed by atoms with Crippen LogP contribution in [-0.2, 0) is 13.1 Å². The Balaban J connectivity index is 1.69. The van der Waals surface area contributed by atoms with Crippen molar-refractivity contribution in [1.82, 2.24) is 4.90 Å². The lowest BCUT2D eigenvalue weighted by Gasteiger charge is -2.24. The molecule has 0 radical (unpaired) electrons. The molecule has 0 aliphatic carbocycles. The number of furan rings is 1. The Morgan fingerprint density at radius 3 is 2.64 bits per heavy atom. The summed E-state index contributed by atoms with van der Waals surface area (Å²) in [4.78, 5) is 3.35. The summed E-state index contributed by atoms with van der Waals surface area (Å²) in [5, 5.41) is 6.03. The summed E-state index contributed by atoms with van der Waals surface area (Å²) in [7, 11) is 0. The molecule has 0 saturated carbocycles. The number of hydrogen-bond donors (Lipinski definition) is 1. The maximum Gasteiger partial charge on any atom is 0.174 e. The Morgan fingerprint density at radius 1 is 1.16 bits per heavy atom. The van der Waals surface area contributed by atoms with Gasteiger partial charge in [-0.25, -0.2) is 0 Å². The van der Waals surface area contributed by atoms with Crippen LogP contribution in [0.2, 0.25) is 0 Å². The molecule has 0 fully saturated rings. The molecular formula is C19H20N2O2S2. The van der Waals surface area contributed by atoms with Crippen LogP contribution >= 0.6 is 23.6 Å². The van der Waals surface area contributed by atoms with Gasteiger partial charge in [-0.1, -0.05) is 6.07 Å². The third-order valence-corrected chi connectivity index (χ3v) is 4.78. The maximum absolute atomic E-state index is 5.63. The van der Waals surface area contributed by atoms with Crippen molar-refractivity contribution in [2.24, 2.45) is 0 Å². The highest BCUT2D eigenvalue weighted by molar-refractivity contribution is 7.80. The van der Waals surface area contributed by atoms with Gasteiger partial charge in [-0.2, -0.15) is 0 Å². The molecule has 0 aliphatic heterocycles. The van der Waals surface area contributed by atoms with Gasteiger partial charge in [0, 0.05) is 10.6 Å². The van der Waals surface area contributed by atoms with Gasteiger partial charge in [-0.05, 0) is 67.0 Å². The number of anilines is 1. The zero-order valence-corrected chi connectivity index (χ0v) is 15.6. The second-order valence-corrected chi connectivity index (χ2v) is 6.82. The van der Waals surface area contributed by atoms with E-state index in [9.17, 15) is 0 Å². The van der Waals surface area contributed by atoms with Crippen molar-refractivity contribution in [3.05, 3.63) is 70.8 Å².